The zero-order valence-corrected chi connectivity index (χ0v) is 58.3. The first kappa shape index (κ1) is 68.1. The first-order chi connectivity index (χ1) is 48.9. The second-order valence-corrected chi connectivity index (χ2v) is 25.5. The van der Waals surface area contributed by atoms with E-state index in [9.17, 15) is 0 Å². The molecule has 0 heterocycles. The molecular weight excluding hydrogens is 1230 g/mol. The molecule has 0 amide bonds. The van der Waals surface area contributed by atoms with Crippen molar-refractivity contribution in [3.05, 3.63) is 358 Å². The normalized spacial score (nSPS) is 10.8. The molecule has 0 saturated heterocycles. The van der Waals surface area contributed by atoms with Crippen LogP contribution in [0.5, 0.6) is 34.5 Å². The molecule has 0 aliphatic heterocycles. The largest absolute Gasteiger partial charge is 0.485 e. The van der Waals surface area contributed by atoms with Gasteiger partial charge in [-0.05, 0) is 151 Å². The third kappa shape index (κ3) is 17.3. The lowest BCUT2D eigenvalue weighted by atomic mass is 9.87. The summed E-state index contributed by atoms with van der Waals surface area (Å²) in [5.41, 5.74) is 18.6. The van der Waals surface area contributed by atoms with Crippen LogP contribution in [0, 0.1) is 0 Å². The molecule has 0 fully saturated rings. The smallest absolute Gasteiger partial charge is 0.204 e. The van der Waals surface area contributed by atoms with Crippen LogP contribution in [-0.4, -0.2) is 56.4 Å². The van der Waals surface area contributed by atoms with Crippen LogP contribution >= 0.6 is 0 Å². The van der Waals surface area contributed by atoms with E-state index in [1.807, 2.05) is 109 Å². The molecule has 12 rings (SSSR count). The van der Waals surface area contributed by atoms with E-state index in [2.05, 4.69) is 270 Å². The Morgan fingerprint density at radius 3 is 0.650 bits per heavy atom. The lowest BCUT2D eigenvalue weighted by Crippen LogP contribution is -2.10. The van der Waals surface area contributed by atoms with Gasteiger partial charge in [-0.15, -0.1) is 0 Å². The highest BCUT2D eigenvalue weighted by Gasteiger charge is 2.32. The molecule has 12 aromatic carbocycles. The standard InChI is InChI=1S/C90H86N4O6/c1-91(2)77-47-39-71(40-48-77)81(72-41-49-78(50-42-72)92(3)4)55-75-57-83(95-59-65-27-15-9-16-28-65)87(97-61-67-31-19-11-20-32-67)89(99-63-69-35-23-13-24-36-69)85(75)86-76(56-82(73-43-51-79(52-44-73)93(5)6)74-45-53-80(54-46-74)94(7)8)58-84(96-60-66-29-17-10-18-30-66)88(98-62-68-33-21-12-22-34-68)90(86)100-64-70-37-25-14-26-38-70/h9-58H,59-64H2,1-8H3. The van der Waals surface area contributed by atoms with E-state index in [1.165, 1.54) is 0 Å². The minimum Gasteiger partial charge on any atom is -0.485 e. The number of hydrogen-bond acceptors (Lipinski definition) is 10. The van der Waals surface area contributed by atoms with Gasteiger partial charge in [-0.1, -0.05) is 231 Å². The van der Waals surface area contributed by atoms with E-state index in [1.54, 1.807) is 0 Å². The quantitative estimate of drug-likeness (QED) is 0.0424. The summed E-state index contributed by atoms with van der Waals surface area (Å²) in [6, 6.07) is 101. The van der Waals surface area contributed by atoms with Crippen molar-refractivity contribution >= 4 is 46.0 Å². The predicted molar refractivity (Wildman–Crippen MR) is 414 cm³/mol. The van der Waals surface area contributed by atoms with Crippen LogP contribution in [-0.2, 0) is 39.6 Å². The Kier molecular flexibility index (Phi) is 22.4. The topological polar surface area (TPSA) is 68.3 Å². The van der Waals surface area contributed by atoms with Gasteiger partial charge >= 0.3 is 0 Å². The Labute approximate surface area is 590 Å². The van der Waals surface area contributed by atoms with Crippen LogP contribution in [0.25, 0.3) is 34.4 Å². The van der Waals surface area contributed by atoms with Gasteiger partial charge in [-0.3, -0.25) is 0 Å². The SMILES string of the molecule is CN(C)c1ccc(C(=Cc2cc(OCc3ccccc3)c(OCc3ccccc3)c(OCc3ccccc3)c2-c2c(C=C(c3ccc(N(C)C)cc3)c3ccc(N(C)C)cc3)cc(OCc3ccccc3)c(OCc3ccccc3)c2OCc2ccccc2)c2ccc(N(C)C)cc2)cc1. The molecule has 0 unspecified atom stereocenters. The van der Waals surface area contributed by atoms with Crippen molar-refractivity contribution in [3.63, 3.8) is 0 Å². The van der Waals surface area contributed by atoms with Crippen LogP contribution < -0.4 is 48.0 Å². The summed E-state index contributed by atoms with van der Waals surface area (Å²) < 4.78 is 44.9. The van der Waals surface area contributed by atoms with Gasteiger partial charge < -0.3 is 48.0 Å². The van der Waals surface area contributed by atoms with Gasteiger partial charge in [-0.2, -0.15) is 0 Å². The first-order valence-corrected chi connectivity index (χ1v) is 33.9. The van der Waals surface area contributed by atoms with Gasteiger partial charge in [0, 0.05) is 90.3 Å². The molecule has 0 aliphatic rings. The maximum atomic E-state index is 7.73. The first-order valence-electron chi connectivity index (χ1n) is 33.9. The van der Waals surface area contributed by atoms with E-state index in [0.717, 1.165) is 101 Å². The van der Waals surface area contributed by atoms with Crippen LogP contribution in [0.2, 0.25) is 0 Å². The summed E-state index contributed by atoms with van der Waals surface area (Å²) in [6.07, 6.45) is 4.55. The minimum absolute atomic E-state index is 0.147. The monoisotopic (exact) mass is 1320 g/mol. The molecular formula is C90H86N4O6. The summed E-state index contributed by atoms with van der Waals surface area (Å²) >= 11 is 0. The third-order valence-corrected chi connectivity index (χ3v) is 17.5. The van der Waals surface area contributed by atoms with Crippen LogP contribution in [0.3, 0.4) is 0 Å². The number of hydrogen-bond donors (Lipinski definition) is 0. The Morgan fingerprint density at radius 1 is 0.240 bits per heavy atom. The lowest BCUT2D eigenvalue weighted by molar-refractivity contribution is 0.228. The van der Waals surface area contributed by atoms with Gasteiger partial charge in [-0.25, -0.2) is 0 Å². The molecule has 502 valence electrons. The molecule has 0 aliphatic carbocycles. The maximum Gasteiger partial charge on any atom is 0.204 e. The Hall–Kier alpha value is -11.9. The summed E-state index contributed by atoms with van der Waals surface area (Å²) in [7, 11) is 16.5. The molecule has 0 saturated carbocycles. The summed E-state index contributed by atoms with van der Waals surface area (Å²) in [6.45, 7) is 1.10. The van der Waals surface area contributed by atoms with E-state index < -0.39 is 0 Å². The molecule has 0 spiro atoms. The summed E-state index contributed by atoms with van der Waals surface area (Å²) in [4.78, 5) is 8.48. The van der Waals surface area contributed by atoms with Crippen molar-refractivity contribution in [1.82, 2.24) is 0 Å². The minimum atomic E-state index is 0.147. The molecule has 0 bridgehead atoms. The molecule has 100 heavy (non-hydrogen) atoms. The van der Waals surface area contributed by atoms with Crippen molar-refractivity contribution in [2.75, 3.05) is 76.0 Å². The molecule has 10 heteroatoms. The van der Waals surface area contributed by atoms with Crippen LogP contribution in [0.1, 0.15) is 66.8 Å². The maximum absolute atomic E-state index is 7.73. The van der Waals surface area contributed by atoms with Gasteiger partial charge in [0.2, 0.25) is 11.5 Å². The fourth-order valence-electron chi connectivity index (χ4n) is 11.9. The number of anilines is 4. The fourth-order valence-corrected chi connectivity index (χ4v) is 11.9. The van der Waals surface area contributed by atoms with Gasteiger partial charge in [0.15, 0.2) is 23.0 Å². The average molecular weight is 1320 g/mol. The highest BCUT2D eigenvalue weighted by Crippen LogP contribution is 2.57. The molecule has 10 nitrogen and oxygen atoms in total. The van der Waals surface area contributed by atoms with Gasteiger partial charge in [0.1, 0.15) is 39.6 Å². The van der Waals surface area contributed by atoms with Crippen LogP contribution in [0.15, 0.2) is 291 Å². The van der Waals surface area contributed by atoms with Crippen LogP contribution in [0.4, 0.5) is 22.7 Å². The zero-order valence-electron chi connectivity index (χ0n) is 58.3. The second-order valence-electron chi connectivity index (χ2n) is 25.5. The van der Waals surface area contributed by atoms with Crippen molar-refractivity contribution in [3.8, 4) is 45.6 Å². The van der Waals surface area contributed by atoms with E-state index in [0.29, 0.717) is 45.6 Å². The van der Waals surface area contributed by atoms with E-state index in [-0.39, 0.29) is 39.6 Å². The highest BCUT2D eigenvalue weighted by molar-refractivity contribution is 6.03. The number of rotatable bonds is 29. The number of nitrogens with zero attached hydrogens (tertiary/aromatic N) is 4. The second kappa shape index (κ2) is 32.9. The van der Waals surface area contributed by atoms with Crippen molar-refractivity contribution in [2.45, 2.75) is 39.6 Å². The lowest BCUT2D eigenvalue weighted by Gasteiger charge is -2.27. The van der Waals surface area contributed by atoms with Crippen molar-refractivity contribution < 1.29 is 28.4 Å². The Bertz CT molecular complexity index is 4240. The fraction of sp³-hybridized carbons (Fsp3) is 0.156. The molecule has 0 N–H and O–H groups in total. The number of benzene rings is 12. The third-order valence-electron chi connectivity index (χ3n) is 17.5. The predicted octanol–water partition coefficient (Wildman–Crippen LogP) is 20.3. The average Bonchev–Trinajstić information content (AvgIpc) is 0.735. The van der Waals surface area contributed by atoms with Crippen molar-refractivity contribution in [1.29, 1.82) is 0 Å². The highest BCUT2D eigenvalue weighted by atomic mass is 16.6. The summed E-state index contributed by atoms with van der Waals surface area (Å²) in [5, 5.41) is 0. The molecule has 0 radical (unpaired) electrons. The van der Waals surface area contributed by atoms with Gasteiger partial charge in [0.05, 0.1) is 0 Å². The van der Waals surface area contributed by atoms with E-state index in [4.69, 9.17) is 28.4 Å². The molecule has 12 aromatic rings. The zero-order chi connectivity index (χ0) is 69.2. The van der Waals surface area contributed by atoms with Gasteiger partial charge in [0.25, 0.3) is 0 Å². The Morgan fingerprint density at radius 2 is 0.440 bits per heavy atom. The van der Waals surface area contributed by atoms with Crippen molar-refractivity contribution in [2.24, 2.45) is 0 Å². The van der Waals surface area contributed by atoms with E-state index >= 15 is 0 Å². The number of ether oxygens (including phenoxy) is 6. The summed E-state index contributed by atoms with van der Waals surface area (Å²) in [5.74, 6) is 2.57. The molecule has 0 aromatic heterocycles. The molecule has 0 atom stereocenters. The Balaban J connectivity index is 1.28.